The van der Waals surface area contributed by atoms with Gasteiger partial charge in [0, 0.05) is 12.1 Å². The number of anilines is 1. The van der Waals surface area contributed by atoms with Crippen molar-refractivity contribution in [2.75, 3.05) is 26.6 Å². The lowest BCUT2D eigenvalue weighted by Gasteiger charge is -2.12. The van der Waals surface area contributed by atoms with Crippen molar-refractivity contribution >= 4 is 5.69 Å². The molecule has 0 aliphatic heterocycles. The lowest BCUT2D eigenvalue weighted by atomic mass is 10.2. The van der Waals surface area contributed by atoms with Crippen LogP contribution in [0.4, 0.5) is 5.69 Å². The van der Waals surface area contributed by atoms with Gasteiger partial charge in [-0.25, -0.2) is 0 Å². The minimum Gasteiger partial charge on any atom is -0.494 e. The maximum absolute atomic E-state index is 5.71. The highest BCUT2D eigenvalue weighted by atomic mass is 16.5. The Morgan fingerprint density at radius 3 is 2.21 bits per heavy atom. The van der Waals surface area contributed by atoms with Gasteiger partial charge in [-0.1, -0.05) is 0 Å². The second-order valence-electron chi connectivity index (χ2n) is 2.68. The minimum absolute atomic E-state index is 0.535. The largest absolute Gasteiger partial charge is 0.494 e. The highest BCUT2D eigenvalue weighted by molar-refractivity contribution is 5.61. The summed E-state index contributed by atoms with van der Waals surface area (Å²) in [6.45, 7) is 2.48. The number of methoxy groups -OCH3 is 2. The highest BCUT2D eigenvalue weighted by Crippen LogP contribution is 2.36. The van der Waals surface area contributed by atoms with Crippen LogP contribution in [-0.4, -0.2) is 20.8 Å². The topological polar surface area (TPSA) is 53.7 Å². The van der Waals surface area contributed by atoms with Crippen molar-refractivity contribution in [2.45, 2.75) is 6.92 Å². The van der Waals surface area contributed by atoms with Crippen LogP contribution in [0.2, 0.25) is 0 Å². The van der Waals surface area contributed by atoms with Crippen molar-refractivity contribution in [2.24, 2.45) is 0 Å². The van der Waals surface area contributed by atoms with Crippen molar-refractivity contribution < 1.29 is 14.2 Å². The summed E-state index contributed by atoms with van der Waals surface area (Å²) >= 11 is 0. The maximum atomic E-state index is 5.71. The van der Waals surface area contributed by atoms with Gasteiger partial charge in [0.2, 0.25) is 0 Å². The summed E-state index contributed by atoms with van der Waals surface area (Å²) in [4.78, 5) is 0. The smallest absolute Gasteiger partial charge is 0.164 e. The van der Waals surface area contributed by atoms with Crippen molar-refractivity contribution in [3.63, 3.8) is 0 Å². The summed E-state index contributed by atoms with van der Waals surface area (Å²) in [5.74, 6) is 1.85. The third-order valence-electron chi connectivity index (χ3n) is 1.82. The van der Waals surface area contributed by atoms with Gasteiger partial charge in [-0.3, -0.25) is 0 Å². The van der Waals surface area contributed by atoms with Crippen molar-refractivity contribution in [3.05, 3.63) is 12.1 Å². The molecule has 0 spiro atoms. The molecule has 0 atom stereocenters. The number of hydrogen-bond donors (Lipinski definition) is 1. The summed E-state index contributed by atoms with van der Waals surface area (Å²) in [5, 5.41) is 0. The van der Waals surface area contributed by atoms with Crippen LogP contribution in [0.15, 0.2) is 12.1 Å². The van der Waals surface area contributed by atoms with Gasteiger partial charge in [-0.05, 0) is 6.92 Å². The maximum Gasteiger partial charge on any atom is 0.164 e. The average Bonchev–Trinajstić information content (AvgIpc) is 2.20. The zero-order chi connectivity index (χ0) is 10.6. The predicted molar refractivity (Wildman–Crippen MR) is 55.1 cm³/mol. The van der Waals surface area contributed by atoms with Crippen molar-refractivity contribution in [1.29, 1.82) is 0 Å². The molecule has 0 unspecified atom stereocenters. The molecule has 0 radical (unpaired) electrons. The zero-order valence-electron chi connectivity index (χ0n) is 8.66. The molecule has 0 bridgehead atoms. The van der Waals surface area contributed by atoms with Crippen LogP contribution in [0.3, 0.4) is 0 Å². The Labute approximate surface area is 83.6 Å². The SMILES string of the molecule is CCOc1cc(OC)c(N)cc1OC. The Balaban J connectivity index is 3.11. The van der Waals surface area contributed by atoms with Gasteiger partial charge in [0.25, 0.3) is 0 Å². The molecule has 1 rings (SSSR count). The van der Waals surface area contributed by atoms with Crippen LogP contribution in [-0.2, 0) is 0 Å². The van der Waals surface area contributed by atoms with E-state index in [1.807, 2.05) is 6.92 Å². The normalized spacial score (nSPS) is 9.64. The van der Waals surface area contributed by atoms with Gasteiger partial charge >= 0.3 is 0 Å². The van der Waals surface area contributed by atoms with E-state index < -0.39 is 0 Å². The molecule has 78 valence electrons. The number of hydrogen-bond acceptors (Lipinski definition) is 4. The summed E-state index contributed by atoms with van der Waals surface area (Å²) < 4.78 is 15.6. The molecule has 1 aromatic carbocycles. The average molecular weight is 197 g/mol. The number of nitrogen functional groups attached to an aromatic ring is 1. The molecule has 2 N–H and O–H groups in total. The van der Waals surface area contributed by atoms with Gasteiger partial charge in [0.05, 0.1) is 26.5 Å². The fraction of sp³-hybridized carbons (Fsp3) is 0.400. The summed E-state index contributed by atoms with van der Waals surface area (Å²) in [6.07, 6.45) is 0. The molecule has 0 heterocycles. The second-order valence-corrected chi connectivity index (χ2v) is 2.68. The van der Waals surface area contributed by atoms with E-state index in [0.717, 1.165) is 0 Å². The van der Waals surface area contributed by atoms with Gasteiger partial charge in [0.1, 0.15) is 5.75 Å². The molecule has 0 aromatic heterocycles. The Hall–Kier alpha value is -1.58. The third kappa shape index (κ3) is 2.02. The monoisotopic (exact) mass is 197 g/mol. The minimum atomic E-state index is 0.535. The Kier molecular flexibility index (Phi) is 3.45. The molecule has 0 fully saturated rings. The van der Waals surface area contributed by atoms with Crippen LogP contribution in [0.5, 0.6) is 17.2 Å². The molecular formula is C10H15NO3. The molecule has 0 amide bonds. The number of nitrogens with two attached hydrogens (primary N) is 1. The summed E-state index contributed by atoms with van der Waals surface area (Å²) in [6, 6.07) is 3.40. The fourth-order valence-electron chi connectivity index (χ4n) is 1.16. The van der Waals surface area contributed by atoms with Crippen LogP contribution in [0, 0.1) is 0 Å². The molecule has 1 aromatic rings. The highest BCUT2D eigenvalue weighted by Gasteiger charge is 2.09. The predicted octanol–water partition coefficient (Wildman–Crippen LogP) is 1.68. The first-order chi connectivity index (χ1) is 6.72. The van der Waals surface area contributed by atoms with E-state index in [-0.39, 0.29) is 0 Å². The zero-order valence-corrected chi connectivity index (χ0v) is 8.66. The van der Waals surface area contributed by atoms with Crippen molar-refractivity contribution in [1.82, 2.24) is 0 Å². The molecule has 4 heteroatoms. The van der Waals surface area contributed by atoms with Crippen LogP contribution < -0.4 is 19.9 Å². The fourth-order valence-corrected chi connectivity index (χ4v) is 1.16. The van der Waals surface area contributed by atoms with Gasteiger partial charge in [-0.2, -0.15) is 0 Å². The van der Waals surface area contributed by atoms with Gasteiger partial charge < -0.3 is 19.9 Å². The number of ether oxygens (including phenoxy) is 3. The molecule has 0 saturated carbocycles. The lowest BCUT2D eigenvalue weighted by molar-refractivity contribution is 0.308. The van der Waals surface area contributed by atoms with E-state index >= 15 is 0 Å². The summed E-state index contributed by atoms with van der Waals surface area (Å²) in [7, 11) is 3.14. The third-order valence-corrected chi connectivity index (χ3v) is 1.82. The molecular weight excluding hydrogens is 182 g/mol. The van der Waals surface area contributed by atoms with E-state index in [1.165, 1.54) is 0 Å². The van der Waals surface area contributed by atoms with Gasteiger partial charge in [-0.15, -0.1) is 0 Å². The molecule has 0 aliphatic carbocycles. The van der Waals surface area contributed by atoms with E-state index in [4.69, 9.17) is 19.9 Å². The quantitative estimate of drug-likeness (QED) is 0.746. The van der Waals surface area contributed by atoms with E-state index in [2.05, 4.69) is 0 Å². The van der Waals surface area contributed by atoms with Crippen LogP contribution in [0.25, 0.3) is 0 Å². The second kappa shape index (κ2) is 4.60. The standard InChI is InChI=1S/C10H15NO3/c1-4-14-10-6-8(12-2)7(11)5-9(10)13-3/h5-6H,4,11H2,1-3H3. The Morgan fingerprint density at radius 1 is 1.07 bits per heavy atom. The van der Waals surface area contributed by atoms with E-state index in [9.17, 15) is 0 Å². The summed E-state index contributed by atoms with van der Waals surface area (Å²) in [5.41, 5.74) is 6.25. The number of benzene rings is 1. The first kappa shape index (κ1) is 10.5. The number of rotatable bonds is 4. The van der Waals surface area contributed by atoms with Crippen molar-refractivity contribution in [3.8, 4) is 17.2 Å². The Bertz CT molecular complexity index is 312. The molecule has 4 nitrogen and oxygen atoms in total. The van der Waals surface area contributed by atoms with E-state index in [0.29, 0.717) is 29.5 Å². The first-order valence-electron chi connectivity index (χ1n) is 4.37. The van der Waals surface area contributed by atoms with E-state index in [1.54, 1.807) is 26.4 Å². The Morgan fingerprint density at radius 2 is 1.71 bits per heavy atom. The van der Waals surface area contributed by atoms with Crippen LogP contribution in [0.1, 0.15) is 6.92 Å². The van der Waals surface area contributed by atoms with Crippen LogP contribution >= 0.6 is 0 Å². The molecule has 0 saturated heterocycles. The first-order valence-corrected chi connectivity index (χ1v) is 4.37. The molecule has 14 heavy (non-hydrogen) atoms. The van der Waals surface area contributed by atoms with Gasteiger partial charge in [0.15, 0.2) is 11.5 Å². The molecule has 0 aliphatic rings. The lowest BCUT2D eigenvalue weighted by Crippen LogP contribution is -1.99.